The second-order valence-electron chi connectivity index (χ2n) is 6.48. The van der Waals surface area contributed by atoms with Crippen molar-refractivity contribution >= 4 is 27.3 Å². The van der Waals surface area contributed by atoms with Crippen LogP contribution in [0.15, 0.2) is 28.6 Å². The molecule has 0 fully saturated rings. The SMILES string of the molecule is CCN(CC)S(=O)(=O)c1cc(C(=O)N2CCc3sccc3[C@@H]2C)n(C)c1. The Balaban J connectivity index is 1.91. The van der Waals surface area contributed by atoms with Gasteiger partial charge in [0.25, 0.3) is 5.91 Å². The second-order valence-corrected chi connectivity index (χ2v) is 9.42. The lowest BCUT2D eigenvalue weighted by Gasteiger charge is -2.33. The molecule has 1 aliphatic rings. The summed E-state index contributed by atoms with van der Waals surface area (Å²) < 4.78 is 28.5. The third-order valence-electron chi connectivity index (χ3n) is 5.08. The molecule has 2 aromatic heterocycles. The molecule has 6 nitrogen and oxygen atoms in total. The molecule has 0 saturated heterocycles. The van der Waals surface area contributed by atoms with Gasteiger partial charge < -0.3 is 9.47 Å². The van der Waals surface area contributed by atoms with Gasteiger partial charge in [-0.15, -0.1) is 11.3 Å². The largest absolute Gasteiger partial charge is 0.345 e. The van der Waals surface area contributed by atoms with E-state index in [0.29, 0.717) is 25.3 Å². The smallest absolute Gasteiger partial charge is 0.271 e. The first-order valence-electron chi connectivity index (χ1n) is 8.85. The van der Waals surface area contributed by atoms with Crippen molar-refractivity contribution < 1.29 is 13.2 Å². The lowest BCUT2D eigenvalue weighted by molar-refractivity contribution is 0.0669. The molecular formula is C18H25N3O3S2. The quantitative estimate of drug-likeness (QED) is 0.782. The van der Waals surface area contributed by atoms with Crippen LogP contribution in [0.3, 0.4) is 0 Å². The van der Waals surface area contributed by atoms with Gasteiger partial charge in [0.05, 0.1) is 6.04 Å². The van der Waals surface area contributed by atoms with Crippen LogP contribution in [0.2, 0.25) is 0 Å². The van der Waals surface area contributed by atoms with Crippen LogP contribution in [-0.2, 0) is 23.5 Å². The zero-order valence-corrected chi connectivity index (χ0v) is 17.2. The van der Waals surface area contributed by atoms with Crippen molar-refractivity contribution in [3.63, 3.8) is 0 Å². The average molecular weight is 396 g/mol. The van der Waals surface area contributed by atoms with E-state index in [2.05, 4.69) is 11.4 Å². The van der Waals surface area contributed by atoms with Crippen LogP contribution in [0.25, 0.3) is 0 Å². The van der Waals surface area contributed by atoms with Crippen LogP contribution < -0.4 is 0 Å². The van der Waals surface area contributed by atoms with Gasteiger partial charge in [-0.3, -0.25) is 4.79 Å². The van der Waals surface area contributed by atoms with Crippen LogP contribution in [-0.4, -0.2) is 47.7 Å². The van der Waals surface area contributed by atoms with Crippen molar-refractivity contribution in [3.8, 4) is 0 Å². The highest BCUT2D eigenvalue weighted by atomic mass is 32.2. The van der Waals surface area contributed by atoms with Gasteiger partial charge in [-0.25, -0.2) is 8.42 Å². The summed E-state index contributed by atoms with van der Waals surface area (Å²) in [6.45, 7) is 7.10. The van der Waals surface area contributed by atoms with E-state index in [4.69, 9.17) is 0 Å². The lowest BCUT2D eigenvalue weighted by atomic mass is 10.0. The molecule has 142 valence electrons. The first kappa shape index (κ1) is 19.1. The summed E-state index contributed by atoms with van der Waals surface area (Å²) in [6.07, 6.45) is 2.38. The Morgan fingerprint density at radius 3 is 2.69 bits per heavy atom. The summed E-state index contributed by atoms with van der Waals surface area (Å²) in [5.74, 6) is -0.127. The van der Waals surface area contributed by atoms with Gasteiger partial charge in [0.1, 0.15) is 10.6 Å². The number of carbonyl (C=O) groups is 1. The maximum absolute atomic E-state index is 13.1. The number of rotatable bonds is 5. The number of nitrogens with zero attached hydrogens (tertiary/aromatic N) is 3. The molecule has 26 heavy (non-hydrogen) atoms. The zero-order chi connectivity index (χ0) is 19.1. The van der Waals surface area contributed by atoms with Crippen molar-refractivity contribution in [2.75, 3.05) is 19.6 Å². The number of fused-ring (bicyclic) bond motifs is 1. The fourth-order valence-electron chi connectivity index (χ4n) is 3.53. The third kappa shape index (κ3) is 3.10. The Morgan fingerprint density at radius 1 is 1.35 bits per heavy atom. The number of aryl methyl sites for hydroxylation is 1. The molecule has 1 amide bonds. The van der Waals surface area contributed by atoms with E-state index in [1.165, 1.54) is 27.0 Å². The van der Waals surface area contributed by atoms with Gasteiger partial charge in [0.2, 0.25) is 10.0 Å². The zero-order valence-electron chi connectivity index (χ0n) is 15.6. The Labute approximate surface area is 159 Å². The van der Waals surface area contributed by atoms with Gasteiger partial charge in [-0.1, -0.05) is 13.8 Å². The minimum atomic E-state index is -3.58. The summed E-state index contributed by atoms with van der Waals surface area (Å²) in [6, 6.07) is 3.58. The van der Waals surface area contributed by atoms with Gasteiger partial charge in [-0.2, -0.15) is 4.31 Å². The molecule has 1 atom stereocenters. The van der Waals surface area contributed by atoms with Crippen molar-refractivity contribution in [2.24, 2.45) is 7.05 Å². The number of thiophene rings is 1. The van der Waals surface area contributed by atoms with E-state index in [9.17, 15) is 13.2 Å². The molecule has 0 aliphatic carbocycles. The summed E-state index contributed by atoms with van der Waals surface area (Å²) in [7, 11) is -1.86. The summed E-state index contributed by atoms with van der Waals surface area (Å²) in [4.78, 5) is 16.4. The van der Waals surface area contributed by atoms with E-state index in [1.54, 1.807) is 23.0 Å². The normalized spacial score (nSPS) is 17.6. The number of sulfonamides is 1. The number of amides is 1. The predicted octanol–water partition coefficient (Wildman–Crippen LogP) is 2.88. The Bertz CT molecular complexity index is 910. The first-order chi connectivity index (χ1) is 12.3. The van der Waals surface area contributed by atoms with Gasteiger partial charge >= 0.3 is 0 Å². The van der Waals surface area contributed by atoms with Crippen molar-refractivity contribution in [1.82, 2.24) is 13.8 Å². The van der Waals surface area contributed by atoms with Crippen LogP contribution in [0.5, 0.6) is 0 Å². The highest BCUT2D eigenvalue weighted by Gasteiger charge is 2.32. The third-order valence-corrected chi connectivity index (χ3v) is 8.09. The van der Waals surface area contributed by atoms with Crippen LogP contribution in [0.4, 0.5) is 0 Å². The molecule has 0 spiro atoms. The Kier molecular flexibility index (Phi) is 5.28. The van der Waals surface area contributed by atoms with Crippen molar-refractivity contribution in [2.45, 2.75) is 38.1 Å². The van der Waals surface area contributed by atoms with Crippen molar-refractivity contribution in [3.05, 3.63) is 39.8 Å². The van der Waals surface area contributed by atoms with E-state index >= 15 is 0 Å². The topological polar surface area (TPSA) is 62.6 Å². The molecule has 0 radical (unpaired) electrons. The molecule has 1 aliphatic heterocycles. The molecule has 0 aromatic carbocycles. The van der Waals surface area contributed by atoms with E-state index in [-0.39, 0.29) is 16.8 Å². The maximum Gasteiger partial charge on any atom is 0.271 e. The van der Waals surface area contributed by atoms with Gasteiger partial charge in [0, 0.05) is 37.8 Å². The summed E-state index contributed by atoms with van der Waals surface area (Å²) >= 11 is 1.73. The maximum atomic E-state index is 13.1. The van der Waals surface area contributed by atoms with Crippen LogP contribution in [0.1, 0.15) is 47.7 Å². The molecule has 0 bridgehead atoms. The molecule has 3 heterocycles. The molecular weight excluding hydrogens is 370 g/mol. The Hall–Kier alpha value is -1.64. The first-order valence-corrected chi connectivity index (χ1v) is 11.2. The molecule has 0 unspecified atom stereocenters. The molecule has 0 saturated carbocycles. The summed E-state index contributed by atoms with van der Waals surface area (Å²) in [5.41, 5.74) is 1.60. The van der Waals surface area contributed by atoms with E-state index < -0.39 is 10.0 Å². The fourth-order valence-corrected chi connectivity index (χ4v) is 6.03. The molecule has 0 N–H and O–H groups in total. The van der Waals surface area contributed by atoms with Gasteiger partial charge in [-0.05, 0) is 36.4 Å². The minimum Gasteiger partial charge on any atom is -0.345 e. The summed E-state index contributed by atoms with van der Waals surface area (Å²) in [5, 5.41) is 2.06. The standard InChI is InChI=1S/C18H25N3O3S2/c1-5-20(6-2)26(23,24)14-11-16(19(4)12-14)18(22)21-9-7-17-15(13(21)3)8-10-25-17/h8,10-13H,5-7,9H2,1-4H3/t13-/m0/s1. The molecule has 8 heteroatoms. The van der Waals surface area contributed by atoms with Crippen molar-refractivity contribution in [1.29, 1.82) is 0 Å². The van der Waals surface area contributed by atoms with Gasteiger partial charge in [0.15, 0.2) is 0 Å². The number of hydrogen-bond acceptors (Lipinski definition) is 4. The monoisotopic (exact) mass is 395 g/mol. The number of aromatic nitrogens is 1. The average Bonchev–Trinajstić information content (AvgIpc) is 3.22. The van der Waals surface area contributed by atoms with Crippen LogP contribution in [0, 0.1) is 0 Å². The van der Waals surface area contributed by atoms with E-state index in [1.807, 2.05) is 25.7 Å². The number of carbonyl (C=O) groups excluding carboxylic acids is 1. The number of hydrogen-bond donors (Lipinski definition) is 0. The van der Waals surface area contributed by atoms with Crippen LogP contribution >= 0.6 is 11.3 Å². The molecule has 3 rings (SSSR count). The van der Waals surface area contributed by atoms with E-state index in [0.717, 1.165) is 6.42 Å². The minimum absolute atomic E-state index is 0.00441. The second kappa shape index (κ2) is 7.17. The fraction of sp³-hybridized carbons (Fsp3) is 0.500. The lowest BCUT2D eigenvalue weighted by Crippen LogP contribution is -2.39. The highest BCUT2D eigenvalue weighted by molar-refractivity contribution is 7.89. The Morgan fingerprint density at radius 2 is 2.04 bits per heavy atom. The predicted molar refractivity (Wildman–Crippen MR) is 103 cm³/mol. The highest BCUT2D eigenvalue weighted by Crippen LogP contribution is 2.34. The molecule has 2 aromatic rings.